The van der Waals surface area contributed by atoms with Crippen LogP contribution in [0.1, 0.15) is 38.5 Å². The first kappa shape index (κ1) is 13.9. The zero-order valence-electron chi connectivity index (χ0n) is 12.2. The third-order valence-electron chi connectivity index (χ3n) is 4.10. The van der Waals surface area contributed by atoms with Gasteiger partial charge in [0.05, 0.1) is 12.6 Å². The van der Waals surface area contributed by atoms with Crippen LogP contribution in [0.15, 0.2) is 16.7 Å². The summed E-state index contributed by atoms with van der Waals surface area (Å²) in [6, 6.07) is 3.45. The van der Waals surface area contributed by atoms with E-state index < -0.39 is 5.54 Å². The predicted molar refractivity (Wildman–Crippen MR) is 75.4 cm³/mol. The van der Waals surface area contributed by atoms with Crippen molar-refractivity contribution < 1.29 is 9.26 Å². The van der Waals surface area contributed by atoms with Gasteiger partial charge in [-0.25, -0.2) is 0 Å². The van der Waals surface area contributed by atoms with Crippen molar-refractivity contribution in [3.05, 3.63) is 18.0 Å². The van der Waals surface area contributed by atoms with Crippen LogP contribution >= 0.6 is 0 Å². The van der Waals surface area contributed by atoms with Crippen LogP contribution in [0.25, 0.3) is 11.5 Å². The van der Waals surface area contributed by atoms with Gasteiger partial charge in [0.15, 0.2) is 0 Å². The van der Waals surface area contributed by atoms with E-state index >= 15 is 0 Å². The van der Waals surface area contributed by atoms with Gasteiger partial charge in [0.2, 0.25) is 17.6 Å². The molecule has 21 heavy (non-hydrogen) atoms. The lowest BCUT2D eigenvalue weighted by Gasteiger charge is -2.32. The Morgan fingerprint density at radius 1 is 1.29 bits per heavy atom. The molecule has 1 aliphatic rings. The summed E-state index contributed by atoms with van der Waals surface area (Å²) in [6.45, 7) is 2.24. The van der Waals surface area contributed by atoms with Crippen molar-refractivity contribution in [1.29, 1.82) is 0 Å². The molecule has 0 spiro atoms. The quantitative estimate of drug-likeness (QED) is 0.920. The minimum atomic E-state index is -0.516. The topological polar surface area (TPSA) is 100.0 Å². The van der Waals surface area contributed by atoms with E-state index in [2.05, 4.69) is 27.3 Å². The number of methoxy groups -OCH3 is 1. The number of nitrogens with zero attached hydrogens (tertiary/aromatic N) is 4. The zero-order chi connectivity index (χ0) is 14.9. The van der Waals surface area contributed by atoms with Gasteiger partial charge in [-0.05, 0) is 37.7 Å². The lowest BCUT2D eigenvalue weighted by Crippen LogP contribution is -2.40. The van der Waals surface area contributed by atoms with Crippen molar-refractivity contribution in [2.45, 2.75) is 38.1 Å². The molecule has 1 fully saturated rings. The Kier molecular flexibility index (Phi) is 3.59. The SMILES string of the molecule is COc1ccc(-c2noc(C3(N)CCC(C)CC3)n2)nn1. The summed E-state index contributed by atoms with van der Waals surface area (Å²) >= 11 is 0. The first-order valence-corrected chi connectivity index (χ1v) is 7.12. The van der Waals surface area contributed by atoms with Gasteiger partial charge >= 0.3 is 0 Å². The van der Waals surface area contributed by atoms with Crippen LogP contribution in [0.4, 0.5) is 0 Å². The van der Waals surface area contributed by atoms with E-state index in [1.165, 1.54) is 0 Å². The highest BCUT2D eigenvalue weighted by molar-refractivity contribution is 5.47. The Morgan fingerprint density at radius 2 is 2.05 bits per heavy atom. The molecular formula is C14H19N5O2. The van der Waals surface area contributed by atoms with Crippen LogP contribution in [-0.2, 0) is 5.54 Å². The Labute approximate surface area is 122 Å². The van der Waals surface area contributed by atoms with Crippen molar-refractivity contribution in [1.82, 2.24) is 20.3 Å². The average molecular weight is 289 g/mol. The molecule has 2 aromatic rings. The molecule has 1 aliphatic carbocycles. The molecule has 0 radical (unpaired) electrons. The molecule has 0 unspecified atom stereocenters. The molecule has 0 saturated heterocycles. The molecule has 0 aliphatic heterocycles. The Balaban J connectivity index is 1.82. The Hall–Kier alpha value is -2.02. The minimum Gasteiger partial charge on any atom is -0.480 e. The maximum atomic E-state index is 6.43. The molecule has 3 rings (SSSR count). The fraction of sp³-hybridized carbons (Fsp3) is 0.571. The number of hydrogen-bond donors (Lipinski definition) is 1. The van der Waals surface area contributed by atoms with Crippen molar-refractivity contribution in [2.75, 3.05) is 7.11 Å². The van der Waals surface area contributed by atoms with Crippen LogP contribution < -0.4 is 10.5 Å². The fourth-order valence-corrected chi connectivity index (χ4v) is 2.57. The van der Waals surface area contributed by atoms with E-state index in [1.54, 1.807) is 19.2 Å². The van der Waals surface area contributed by atoms with Gasteiger partial charge in [0.25, 0.3) is 0 Å². The summed E-state index contributed by atoms with van der Waals surface area (Å²) in [4.78, 5) is 4.41. The Bertz CT molecular complexity index is 602. The van der Waals surface area contributed by atoms with Gasteiger partial charge in [-0.3, -0.25) is 0 Å². The average Bonchev–Trinajstić information content (AvgIpc) is 3.01. The van der Waals surface area contributed by atoms with Gasteiger partial charge in [-0.2, -0.15) is 4.98 Å². The number of hydrogen-bond acceptors (Lipinski definition) is 7. The van der Waals surface area contributed by atoms with Gasteiger partial charge in [-0.1, -0.05) is 12.1 Å². The van der Waals surface area contributed by atoms with Crippen LogP contribution in [0, 0.1) is 5.92 Å². The third kappa shape index (κ3) is 2.73. The van der Waals surface area contributed by atoms with Crippen molar-refractivity contribution in [3.8, 4) is 17.4 Å². The van der Waals surface area contributed by atoms with E-state index in [4.69, 9.17) is 15.0 Å². The van der Waals surface area contributed by atoms with Crippen LogP contribution in [0.5, 0.6) is 5.88 Å². The lowest BCUT2D eigenvalue weighted by atomic mass is 9.78. The highest BCUT2D eigenvalue weighted by atomic mass is 16.5. The second-order valence-electron chi connectivity index (χ2n) is 5.72. The van der Waals surface area contributed by atoms with Crippen LogP contribution in [0.2, 0.25) is 0 Å². The zero-order valence-corrected chi connectivity index (χ0v) is 12.2. The smallest absolute Gasteiger partial charge is 0.247 e. The molecule has 2 N–H and O–H groups in total. The lowest BCUT2D eigenvalue weighted by molar-refractivity contribution is 0.190. The summed E-state index contributed by atoms with van der Waals surface area (Å²) in [6.07, 6.45) is 3.89. The standard InChI is InChI=1S/C14H19N5O2/c1-9-5-7-14(15,8-6-9)13-16-12(19-21-13)10-3-4-11(20-2)18-17-10/h3-4,9H,5-8,15H2,1-2H3. The van der Waals surface area contributed by atoms with E-state index in [9.17, 15) is 0 Å². The monoisotopic (exact) mass is 289 g/mol. The molecule has 7 heteroatoms. The molecule has 2 heterocycles. The summed E-state index contributed by atoms with van der Waals surface area (Å²) < 4.78 is 10.3. The van der Waals surface area contributed by atoms with E-state index in [0.29, 0.717) is 29.2 Å². The molecule has 0 aromatic carbocycles. The normalized spacial score (nSPS) is 25.8. The largest absolute Gasteiger partial charge is 0.480 e. The highest BCUT2D eigenvalue weighted by Crippen LogP contribution is 2.37. The Morgan fingerprint density at radius 3 is 2.67 bits per heavy atom. The maximum Gasteiger partial charge on any atom is 0.247 e. The molecule has 2 aromatic heterocycles. The molecular weight excluding hydrogens is 270 g/mol. The molecule has 0 amide bonds. The second kappa shape index (κ2) is 5.40. The summed E-state index contributed by atoms with van der Waals surface area (Å²) in [5.41, 5.74) is 6.45. The summed E-state index contributed by atoms with van der Waals surface area (Å²) in [5, 5.41) is 11.9. The van der Waals surface area contributed by atoms with Crippen molar-refractivity contribution in [2.24, 2.45) is 11.7 Å². The van der Waals surface area contributed by atoms with Crippen molar-refractivity contribution >= 4 is 0 Å². The van der Waals surface area contributed by atoms with E-state index in [0.717, 1.165) is 25.7 Å². The molecule has 7 nitrogen and oxygen atoms in total. The van der Waals surface area contributed by atoms with Gasteiger partial charge in [0, 0.05) is 6.07 Å². The predicted octanol–water partition coefficient (Wildman–Crippen LogP) is 1.90. The van der Waals surface area contributed by atoms with Crippen LogP contribution in [-0.4, -0.2) is 27.4 Å². The minimum absolute atomic E-state index is 0.406. The third-order valence-corrected chi connectivity index (χ3v) is 4.10. The van der Waals surface area contributed by atoms with Gasteiger partial charge in [-0.15, -0.1) is 10.2 Å². The molecule has 0 bridgehead atoms. The van der Waals surface area contributed by atoms with E-state index in [-0.39, 0.29) is 0 Å². The number of nitrogens with two attached hydrogens (primary N) is 1. The summed E-state index contributed by atoms with van der Waals surface area (Å²) in [5.74, 6) is 2.04. The number of aromatic nitrogens is 4. The maximum absolute atomic E-state index is 6.43. The van der Waals surface area contributed by atoms with E-state index in [1.807, 2.05) is 0 Å². The summed E-state index contributed by atoms with van der Waals surface area (Å²) in [7, 11) is 1.54. The second-order valence-corrected chi connectivity index (χ2v) is 5.72. The van der Waals surface area contributed by atoms with Crippen molar-refractivity contribution in [3.63, 3.8) is 0 Å². The van der Waals surface area contributed by atoms with Gasteiger partial charge < -0.3 is 15.0 Å². The fourth-order valence-electron chi connectivity index (χ4n) is 2.57. The molecule has 112 valence electrons. The number of ether oxygens (including phenoxy) is 1. The molecule has 0 atom stereocenters. The van der Waals surface area contributed by atoms with Crippen LogP contribution in [0.3, 0.4) is 0 Å². The number of rotatable bonds is 3. The van der Waals surface area contributed by atoms with Gasteiger partial charge in [0.1, 0.15) is 5.69 Å². The molecule has 1 saturated carbocycles. The highest BCUT2D eigenvalue weighted by Gasteiger charge is 2.37. The first-order chi connectivity index (χ1) is 10.1. The first-order valence-electron chi connectivity index (χ1n) is 7.12.